The van der Waals surface area contributed by atoms with E-state index in [1.807, 2.05) is 0 Å². The molecule has 2 aromatic rings. The van der Waals surface area contributed by atoms with Crippen LogP contribution in [0.4, 0.5) is 5.69 Å². The molecule has 0 spiro atoms. The Kier molecular flexibility index (Phi) is 2.95. The number of aromatic nitrogens is 1. The molecule has 2 rings (SSSR count). The number of ether oxygens (including phenoxy) is 1. The lowest BCUT2D eigenvalue weighted by molar-refractivity contribution is 0.0664. The number of fused-ring (bicyclic) bond motifs is 1. The first kappa shape index (κ1) is 11.8. The molecule has 3 N–H and O–H groups in total. The second-order valence-electron chi connectivity index (χ2n) is 3.58. The van der Waals surface area contributed by atoms with Gasteiger partial charge in [0, 0.05) is 12.5 Å². The number of aromatic carboxylic acids is 1. The number of nitrogen functional groups attached to an aromatic ring is 1. The molecule has 0 bridgehead atoms. The minimum absolute atomic E-state index is 0.0988. The van der Waals surface area contributed by atoms with Crippen LogP contribution in [-0.4, -0.2) is 22.8 Å². The van der Waals surface area contributed by atoms with Gasteiger partial charge in [-0.3, -0.25) is 0 Å². The molecule has 0 aliphatic rings. The highest BCUT2D eigenvalue weighted by Gasteiger charge is 2.17. The highest BCUT2D eigenvalue weighted by atomic mass is 35.5. The fourth-order valence-corrected chi connectivity index (χ4v) is 2.02. The third kappa shape index (κ3) is 1.83. The fourth-order valence-electron chi connectivity index (χ4n) is 1.81. The van der Waals surface area contributed by atoms with E-state index >= 15 is 0 Å². The molecule has 5 nitrogen and oxygen atoms in total. The summed E-state index contributed by atoms with van der Waals surface area (Å²) in [4.78, 5) is 11.1. The lowest BCUT2D eigenvalue weighted by atomic mass is 10.2. The molecule has 0 unspecified atom stereocenters. The standard InChI is InChI=1S/C11H11ClN2O3/c1-17-5-14-9(11(15)16)4-6-7(12)2-3-8(13)10(6)14/h2-4H,5,13H2,1H3,(H,15,16). The minimum atomic E-state index is -1.05. The first-order valence-electron chi connectivity index (χ1n) is 4.85. The summed E-state index contributed by atoms with van der Waals surface area (Å²) in [7, 11) is 1.48. The molecule has 0 saturated carbocycles. The Morgan fingerprint density at radius 1 is 1.59 bits per heavy atom. The molecule has 0 radical (unpaired) electrons. The van der Waals surface area contributed by atoms with Gasteiger partial charge in [-0.2, -0.15) is 0 Å². The Labute approximate surface area is 102 Å². The number of carboxylic acids is 1. The number of carbonyl (C=O) groups is 1. The first-order chi connectivity index (χ1) is 8.06. The average molecular weight is 255 g/mol. The highest BCUT2D eigenvalue weighted by molar-refractivity contribution is 6.36. The summed E-state index contributed by atoms with van der Waals surface area (Å²) >= 11 is 6.02. The Bertz CT molecular complexity index is 592. The van der Waals surface area contributed by atoms with Gasteiger partial charge < -0.3 is 20.1 Å². The summed E-state index contributed by atoms with van der Waals surface area (Å²) in [6.45, 7) is 0.107. The average Bonchev–Trinajstić information content (AvgIpc) is 2.65. The quantitative estimate of drug-likeness (QED) is 0.823. The van der Waals surface area contributed by atoms with Gasteiger partial charge in [0.25, 0.3) is 0 Å². The third-order valence-corrected chi connectivity index (χ3v) is 2.84. The number of methoxy groups -OCH3 is 1. The number of anilines is 1. The largest absolute Gasteiger partial charge is 0.477 e. The summed E-state index contributed by atoms with van der Waals surface area (Å²) in [5.74, 6) is -1.05. The molecule has 0 aliphatic carbocycles. The van der Waals surface area contributed by atoms with Crippen molar-refractivity contribution in [3.63, 3.8) is 0 Å². The van der Waals surface area contributed by atoms with Crippen molar-refractivity contribution in [1.29, 1.82) is 0 Å². The van der Waals surface area contributed by atoms with Gasteiger partial charge >= 0.3 is 5.97 Å². The van der Waals surface area contributed by atoms with Crippen LogP contribution < -0.4 is 5.73 Å². The molecular weight excluding hydrogens is 244 g/mol. The highest BCUT2D eigenvalue weighted by Crippen LogP contribution is 2.31. The number of nitrogens with zero attached hydrogens (tertiary/aromatic N) is 1. The summed E-state index contributed by atoms with van der Waals surface area (Å²) in [5.41, 5.74) is 6.99. The molecule has 90 valence electrons. The number of benzene rings is 1. The van der Waals surface area contributed by atoms with Crippen LogP contribution in [-0.2, 0) is 11.5 Å². The Hall–Kier alpha value is -1.72. The van der Waals surface area contributed by atoms with Crippen molar-refractivity contribution in [2.75, 3.05) is 12.8 Å². The van der Waals surface area contributed by atoms with Gasteiger partial charge in [-0.25, -0.2) is 4.79 Å². The van der Waals surface area contributed by atoms with Crippen LogP contribution >= 0.6 is 11.6 Å². The van der Waals surface area contributed by atoms with Gasteiger partial charge in [-0.15, -0.1) is 0 Å². The first-order valence-corrected chi connectivity index (χ1v) is 5.23. The normalized spacial score (nSPS) is 10.9. The molecule has 1 aromatic carbocycles. The van der Waals surface area contributed by atoms with E-state index in [9.17, 15) is 4.79 Å². The number of carboxylic acid groups (broad SMARTS) is 1. The Morgan fingerprint density at radius 2 is 2.29 bits per heavy atom. The maximum Gasteiger partial charge on any atom is 0.352 e. The van der Waals surface area contributed by atoms with Crippen LogP contribution in [0.25, 0.3) is 10.9 Å². The van der Waals surface area contributed by atoms with E-state index in [4.69, 9.17) is 27.2 Å². The number of hydrogen-bond acceptors (Lipinski definition) is 3. The zero-order valence-corrected chi connectivity index (χ0v) is 9.86. The van der Waals surface area contributed by atoms with Crippen molar-refractivity contribution in [2.45, 2.75) is 6.73 Å². The van der Waals surface area contributed by atoms with Gasteiger partial charge in [0.05, 0.1) is 16.2 Å². The molecule has 1 heterocycles. The number of halogens is 1. The molecule has 0 fully saturated rings. The van der Waals surface area contributed by atoms with E-state index in [1.54, 1.807) is 12.1 Å². The van der Waals surface area contributed by atoms with Crippen LogP contribution in [0.3, 0.4) is 0 Å². The van der Waals surface area contributed by atoms with Crippen molar-refractivity contribution in [2.24, 2.45) is 0 Å². The minimum Gasteiger partial charge on any atom is -0.477 e. The molecular formula is C11H11ClN2O3. The summed E-state index contributed by atoms with van der Waals surface area (Å²) in [6, 6.07) is 4.78. The van der Waals surface area contributed by atoms with Gasteiger partial charge in [0.15, 0.2) is 0 Å². The number of hydrogen-bond donors (Lipinski definition) is 2. The monoisotopic (exact) mass is 254 g/mol. The molecule has 1 aromatic heterocycles. The lowest BCUT2D eigenvalue weighted by Crippen LogP contribution is -2.10. The number of rotatable bonds is 3. The van der Waals surface area contributed by atoms with E-state index in [-0.39, 0.29) is 12.4 Å². The van der Waals surface area contributed by atoms with Crippen molar-refractivity contribution >= 4 is 34.2 Å². The smallest absolute Gasteiger partial charge is 0.352 e. The fraction of sp³-hybridized carbons (Fsp3) is 0.182. The van der Waals surface area contributed by atoms with Crippen molar-refractivity contribution in [3.8, 4) is 0 Å². The SMILES string of the molecule is COCn1c(C(=O)O)cc2c(Cl)ccc(N)c21. The molecule has 6 heteroatoms. The molecule has 0 amide bonds. The zero-order chi connectivity index (χ0) is 12.6. The van der Waals surface area contributed by atoms with Crippen molar-refractivity contribution < 1.29 is 14.6 Å². The Morgan fingerprint density at radius 3 is 2.88 bits per heavy atom. The van der Waals surface area contributed by atoms with E-state index in [1.165, 1.54) is 17.7 Å². The van der Waals surface area contributed by atoms with Crippen LogP contribution in [0.1, 0.15) is 10.5 Å². The van der Waals surface area contributed by atoms with Crippen LogP contribution in [0.2, 0.25) is 5.02 Å². The molecule has 0 aliphatic heterocycles. The van der Waals surface area contributed by atoms with E-state index < -0.39 is 5.97 Å². The lowest BCUT2D eigenvalue weighted by Gasteiger charge is -2.08. The third-order valence-electron chi connectivity index (χ3n) is 2.51. The topological polar surface area (TPSA) is 77.5 Å². The van der Waals surface area contributed by atoms with Crippen LogP contribution in [0, 0.1) is 0 Å². The van der Waals surface area contributed by atoms with Crippen molar-refractivity contribution in [3.05, 3.63) is 28.9 Å². The van der Waals surface area contributed by atoms with Gasteiger partial charge in [0.2, 0.25) is 0 Å². The van der Waals surface area contributed by atoms with Gasteiger partial charge in [0.1, 0.15) is 12.4 Å². The second-order valence-corrected chi connectivity index (χ2v) is 3.99. The van der Waals surface area contributed by atoms with Crippen LogP contribution in [0.15, 0.2) is 18.2 Å². The molecule has 0 saturated heterocycles. The van der Waals surface area contributed by atoms with Gasteiger partial charge in [-0.05, 0) is 18.2 Å². The maximum absolute atomic E-state index is 11.1. The predicted octanol–water partition coefficient (Wildman–Crippen LogP) is 2.18. The van der Waals surface area contributed by atoms with E-state index in [2.05, 4.69) is 0 Å². The predicted molar refractivity (Wildman–Crippen MR) is 65.3 cm³/mol. The van der Waals surface area contributed by atoms with Crippen LogP contribution in [0.5, 0.6) is 0 Å². The second kappa shape index (κ2) is 4.27. The molecule has 17 heavy (non-hydrogen) atoms. The summed E-state index contributed by atoms with van der Waals surface area (Å²) in [6.07, 6.45) is 0. The summed E-state index contributed by atoms with van der Waals surface area (Å²) in [5, 5.41) is 10.2. The number of nitrogens with two attached hydrogens (primary N) is 1. The zero-order valence-electron chi connectivity index (χ0n) is 9.11. The molecule has 0 atom stereocenters. The van der Waals surface area contributed by atoms with E-state index in [0.29, 0.717) is 21.6 Å². The maximum atomic E-state index is 11.1. The summed E-state index contributed by atoms with van der Waals surface area (Å²) < 4.78 is 6.47. The van der Waals surface area contributed by atoms with Gasteiger partial charge in [-0.1, -0.05) is 11.6 Å². The van der Waals surface area contributed by atoms with E-state index in [0.717, 1.165) is 0 Å². The Balaban J connectivity index is 2.84. The van der Waals surface area contributed by atoms with Crippen molar-refractivity contribution in [1.82, 2.24) is 4.57 Å².